The van der Waals surface area contributed by atoms with Gasteiger partial charge in [0.25, 0.3) is 4.38 Å². The van der Waals surface area contributed by atoms with Gasteiger partial charge in [0.05, 0.1) is 11.5 Å². The zero-order valence-electron chi connectivity index (χ0n) is 7.94. The molecule has 3 nitrogen and oxygen atoms in total. The summed E-state index contributed by atoms with van der Waals surface area (Å²) in [6.45, 7) is 0. The molecule has 2 aliphatic rings. The average molecular weight is 318 g/mol. The van der Waals surface area contributed by atoms with Crippen LogP contribution in [0.2, 0.25) is 0 Å². The molecule has 0 saturated carbocycles. The maximum absolute atomic E-state index is 11.3. The second-order valence-electron chi connectivity index (χ2n) is 3.55. The van der Waals surface area contributed by atoms with Crippen LogP contribution in [0.3, 0.4) is 0 Å². The van der Waals surface area contributed by atoms with Crippen LogP contribution in [-0.2, 0) is 9.84 Å². The maximum Gasteiger partial charge on any atom is 0.270 e. The molecule has 2 aliphatic heterocycles. The van der Waals surface area contributed by atoms with E-state index in [0.29, 0.717) is 22.0 Å². The van der Waals surface area contributed by atoms with Gasteiger partial charge in [-0.1, -0.05) is 0 Å². The highest BCUT2D eigenvalue weighted by molar-refractivity contribution is 8.42. The number of thioether (sulfide) groups is 2. The minimum atomic E-state index is -2.73. The van der Waals surface area contributed by atoms with Crippen molar-refractivity contribution in [2.24, 2.45) is 0 Å². The molecule has 14 heavy (non-hydrogen) atoms. The first-order chi connectivity index (χ1) is 5.98. The molecule has 7 heteroatoms. The van der Waals surface area contributed by atoms with Crippen molar-refractivity contribution in [2.45, 2.75) is 10.5 Å². The van der Waals surface area contributed by atoms with E-state index in [9.17, 15) is 8.42 Å². The lowest BCUT2D eigenvalue weighted by Gasteiger charge is -1.97. The van der Waals surface area contributed by atoms with Gasteiger partial charge in [0.2, 0.25) is 0 Å². The minimum Gasteiger partial charge on any atom is -1.00 e. The molecule has 0 N–H and O–H groups in total. The monoisotopic (exact) mass is 317 g/mol. The highest BCUT2D eigenvalue weighted by Gasteiger charge is 2.47. The van der Waals surface area contributed by atoms with Gasteiger partial charge in [0.15, 0.2) is 9.84 Å². The fourth-order valence-corrected chi connectivity index (χ4v) is 7.87. The highest BCUT2D eigenvalue weighted by atomic mass is 79.9. The highest BCUT2D eigenvalue weighted by Crippen LogP contribution is 2.43. The second kappa shape index (κ2) is 4.35. The molecule has 82 valence electrons. The first kappa shape index (κ1) is 12.9. The first-order valence-corrected chi connectivity index (χ1v) is 7.64. The molecule has 0 spiro atoms. The standard InChI is InChI=1S/C7H12NO2S3.BrH/c1-8(2)7-11-5-3-13(9,10)4-6(5)12-7;/h5-6H,3-4H2,1-2H3;1H/q+1;/p-1/t5-,6+;. The van der Waals surface area contributed by atoms with Crippen molar-refractivity contribution in [3.63, 3.8) is 0 Å². The molecule has 0 unspecified atom stereocenters. The maximum atomic E-state index is 11.3. The number of rotatable bonds is 0. The third-order valence-corrected chi connectivity index (χ3v) is 7.76. The van der Waals surface area contributed by atoms with E-state index >= 15 is 0 Å². The third-order valence-electron chi connectivity index (χ3n) is 2.12. The molecule has 2 heterocycles. The van der Waals surface area contributed by atoms with Gasteiger partial charge in [-0.15, -0.1) is 0 Å². The SMILES string of the molecule is C[N+](C)=C1S[C@H]2CS(=O)(=O)C[C@H]2S1.[Br-]. The van der Waals surface area contributed by atoms with Crippen LogP contribution in [0.15, 0.2) is 0 Å². The molecule has 2 atom stereocenters. The summed E-state index contributed by atoms with van der Waals surface area (Å²) >= 11 is 3.44. The first-order valence-electron chi connectivity index (χ1n) is 4.06. The van der Waals surface area contributed by atoms with Crippen LogP contribution < -0.4 is 17.0 Å². The Morgan fingerprint density at radius 1 is 1.21 bits per heavy atom. The summed E-state index contributed by atoms with van der Waals surface area (Å²) in [5.41, 5.74) is 0. The largest absolute Gasteiger partial charge is 1.00 e. The van der Waals surface area contributed by atoms with Crippen molar-refractivity contribution in [1.82, 2.24) is 0 Å². The Kier molecular flexibility index (Phi) is 4.00. The van der Waals surface area contributed by atoms with E-state index in [2.05, 4.69) is 4.58 Å². The second-order valence-corrected chi connectivity index (χ2v) is 8.42. The van der Waals surface area contributed by atoms with Gasteiger partial charge in [-0.2, -0.15) is 0 Å². The molecule has 2 fully saturated rings. The average Bonchev–Trinajstić information content (AvgIpc) is 2.39. The van der Waals surface area contributed by atoms with Crippen LogP contribution in [0, 0.1) is 0 Å². The number of fused-ring (bicyclic) bond motifs is 1. The van der Waals surface area contributed by atoms with Gasteiger partial charge in [-0.05, 0) is 23.5 Å². The molecule has 0 bridgehead atoms. The smallest absolute Gasteiger partial charge is 0.270 e. The Balaban J connectivity index is 0.000000980. The quantitative estimate of drug-likeness (QED) is 0.455. The van der Waals surface area contributed by atoms with E-state index in [4.69, 9.17) is 0 Å². The fourth-order valence-electron chi connectivity index (χ4n) is 1.50. The molecule has 0 radical (unpaired) electrons. The molecule has 2 saturated heterocycles. The molecule has 0 aliphatic carbocycles. The lowest BCUT2D eigenvalue weighted by Crippen LogP contribution is -3.00. The topological polar surface area (TPSA) is 37.1 Å². The van der Waals surface area contributed by atoms with Crippen LogP contribution in [-0.4, -0.2) is 53.5 Å². The van der Waals surface area contributed by atoms with Gasteiger partial charge in [-0.3, -0.25) is 0 Å². The van der Waals surface area contributed by atoms with E-state index in [-0.39, 0.29) is 17.0 Å². The molecule has 0 aromatic heterocycles. The van der Waals surface area contributed by atoms with Gasteiger partial charge >= 0.3 is 0 Å². The predicted octanol–water partition coefficient (Wildman–Crippen LogP) is -2.74. The lowest BCUT2D eigenvalue weighted by atomic mass is 10.4. The van der Waals surface area contributed by atoms with Crippen molar-refractivity contribution < 1.29 is 30.0 Å². The number of hydrogen-bond donors (Lipinski definition) is 0. The zero-order chi connectivity index (χ0) is 9.64. The summed E-state index contributed by atoms with van der Waals surface area (Å²) < 4.78 is 25.9. The van der Waals surface area contributed by atoms with Crippen molar-refractivity contribution in [3.8, 4) is 0 Å². The van der Waals surface area contributed by atoms with E-state index in [0.717, 1.165) is 0 Å². The Hall–Kier alpha value is 0.800. The summed E-state index contributed by atoms with van der Waals surface area (Å²) in [5, 5.41) is 0.597. The van der Waals surface area contributed by atoms with Crippen molar-refractivity contribution in [1.29, 1.82) is 0 Å². The minimum absolute atomic E-state index is 0. The molecular formula is C7H12BrNO2S3. The van der Waals surface area contributed by atoms with E-state index < -0.39 is 9.84 Å². The third kappa shape index (κ3) is 2.48. The van der Waals surface area contributed by atoms with Gasteiger partial charge in [0, 0.05) is 10.5 Å². The molecular weight excluding hydrogens is 306 g/mol. The summed E-state index contributed by atoms with van der Waals surface area (Å²) in [6.07, 6.45) is 0. The normalized spacial score (nSPS) is 33.7. The lowest BCUT2D eigenvalue weighted by molar-refractivity contribution is -0.458. The van der Waals surface area contributed by atoms with Crippen LogP contribution in [0.1, 0.15) is 0 Å². The van der Waals surface area contributed by atoms with Crippen LogP contribution in [0.5, 0.6) is 0 Å². The predicted molar refractivity (Wildman–Crippen MR) is 58.5 cm³/mol. The van der Waals surface area contributed by atoms with Crippen LogP contribution in [0.25, 0.3) is 0 Å². The van der Waals surface area contributed by atoms with Crippen LogP contribution in [0.4, 0.5) is 0 Å². The summed E-state index contributed by atoms with van der Waals surface area (Å²) in [4.78, 5) is 0. The summed E-state index contributed by atoms with van der Waals surface area (Å²) in [5.74, 6) is 0.735. The van der Waals surface area contributed by atoms with Crippen molar-refractivity contribution in [3.05, 3.63) is 0 Å². The summed E-state index contributed by atoms with van der Waals surface area (Å²) in [7, 11) is 1.28. The zero-order valence-corrected chi connectivity index (χ0v) is 12.0. The number of hydrogen-bond acceptors (Lipinski definition) is 4. The Labute approximate surface area is 103 Å². The number of sulfone groups is 1. The van der Waals surface area contributed by atoms with E-state index in [1.54, 1.807) is 23.5 Å². The summed E-state index contributed by atoms with van der Waals surface area (Å²) in [6, 6.07) is 0. The number of halogens is 1. The molecule has 0 aromatic carbocycles. The van der Waals surface area contributed by atoms with E-state index in [1.807, 2.05) is 14.1 Å². The molecule has 0 amide bonds. The van der Waals surface area contributed by atoms with Gasteiger partial charge < -0.3 is 17.0 Å². The van der Waals surface area contributed by atoms with Crippen molar-refractivity contribution in [2.75, 3.05) is 25.6 Å². The fraction of sp³-hybridized carbons (Fsp3) is 0.857. The number of nitrogens with zero attached hydrogens (tertiary/aromatic N) is 1. The van der Waals surface area contributed by atoms with Crippen LogP contribution >= 0.6 is 23.5 Å². The van der Waals surface area contributed by atoms with Gasteiger partial charge in [0.1, 0.15) is 14.1 Å². The van der Waals surface area contributed by atoms with Crippen molar-refractivity contribution >= 4 is 37.7 Å². The Morgan fingerprint density at radius 2 is 1.64 bits per heavy atom. The molecule has 2 rings (SSSR count). The van der Waals surface area contributed by atoms with Gasteiger partial charge in [-0.25, -0.2) is 13.0 Å². The Bertz CT molecular complexity index is 339. The van der Waals surface area contributed by atoms with E-state index in [1.165, 1.54) is 4.38 Å². The molecule has 0 aromatic rings. The Morgan fingerprint density at radius 3 is 2.00 bits per heavy atom.